The zero-order valence-corrected chi connectivity index (χ0v) is 14.2. The highest BCUT2D eigenvalue weighted by molar-refractivity contribution is 9.10. The Labute approximate surface area is 142 Å². The van der Waals surface area contributed by atoms with Gasteiger partial charge in [-0.3, -0.25) is 0 Å². The number of hydrogen-bond acceptors (Lipinski definition) is 2. The van der Waals surface area contributed by atoms with Gasteiger partial charge in [-0.25, -0.2) is 4.98 Å². The third kappa shape index (κ3) is 4.97. The van der Waals surface area contributed by atoms with Crippen LogP contribution in [-0.4, -0.2) is 4.98 Å². The number of aromatic nitrogens is 1. The first kappa shape index (κ1) is 16.2. The zero-order valence-electron chi connectivity index (χ0n) is 11.1. The zero-order chi connectivity index (χ0) is 15.2. The molecule has 0 aliphatic heterocycles. The van der Waals surface area contributed by atoms with E-state index in [1.54, 1.807) is 6.07 Å². The predicted molar refractivity (Wildman–Crippen MR) is 93.8 cm³/mol. The number of pyridine rings is 1. The Morgan fingerprint density at radius 3 is 2.29 bits per heavy atom. The van der Waals surface area contributed by atoms with Crippen molar-refractivity contribution in [1.82, 2.24) is 4.98 Å². The maximum absolute atomic E-state index is 5.74. The number of hydrogen-bond donors (Lipinski definition) is 1. The molecule has 3 aromatic rings. The lowest BCUT2D eigenvalue weighted by molar-refractivity contribution is 1.07. The molecule has 0 radical (unpaired) electrons. The van der Waals surface area contributed by atoms with Crippen LogP contribution in [0.25, 0.3) is 10.9 Å². The summed E-state index contributed by atoms with van der Waals surface area (Å²) in [5.74, 6) is 0. The van der Waals surface area contributed by atoms with Gasteiger partial charge in [0.25, 0.3) is 0 Å². The summed E-state index contributed by atoms with van der Waals surface area (Å²) in [7, 11) is 0. The molecule has 0 aliphatic rings. The minimum atomic E-state index is 0.528. The molecule has 2 nitrogen and oxygen atoms in total. The molecule has 1 aromatic heterocycles. The molecule has 108 valence electrons. The van der Waals surface area contributed by atoms with Crippen LogP contribution in [0.1, 0.15) is 5.56 Å². The second kappa shape index (κ2) is 7.76. The largest absolute Gasteiger partial charge is 0.326 e. The number of nitrogens with two attached hydrogens (primary N) is 1. The van der Waals surface area contributed by atoms with Gasteiger partial charge in [0, 0.05) is 21.4 Å². The highest BCUT2D eigenvalue weighted by Crippen LogP contribution is 2.19. The fourth-order valence-corrected chi connectivity index (χ4v) is 2.31. The van der Waals surface area contributed by atoms with Crippen molar-refractivity contribution in [3.63, 3.8) is 0 Å². The van der Waals surface area contributed by atoms with Gasteiger partial charge in [-0.15, -0.1) is 0 Å². The summed E-state index contributed by atoms with van der Waals surface area (Å²) in [5.41, 5.74) is 7.38. The summed E-state index contributed by atoms with van der Waals surface area (Å²) in [6, 6.07) is 17.2. The molecule has 5 heteroatoms. The number of nitrogens with zero attached hydrogens (tertiary/aromatic N) is 1. The number of fused-ring (bicyclic) bond motifs is 1. The van der Waals surface area contributed by atoms with E-state index in [4.69, 9.17) is 28.9 Å². The number of rotatable bonds is 1. The summed E-state index contributed by atoms with van der Waals surface area (Å²) >= 11 is 14.7. The molecule has 3 rings (SSSR count). The van der Waals surface area contributed by atoms with Crippen molar-refractivity contribution < 1.29 is 0 Å². The standard InChI is InChI=1S/C9H5BrClN.C7H8ClN/c10-7-3-1-6-2-4-9(11)12-8(6)5-7;8-7-3-1-6(5-9)2-4-7/h1-5H;1-4H,5,9H2. The SMILES string of the molecule is Clc1ccc2ccc(Br)cc2n1.NCc1ccc(Cl)cc1. The highest BCUT2D eigenvalue weighted by atomic mass is 79.9. The summed E-state index contributed by atoms with van der Waals surface area (Å²) in [5, 5.41) is 2.38. The van der Waals surface area contributed by atoms with Crippen molar-refractivity contribution in [2.75, 3.05) is 0 Å². The first-order valence-corrected chi connectivity index (χ1v) is 7.79. The molecule has 0 saturated heterocycles. The quantitative estimate of drug-likeness (QED) is 0.567. The summed E-state index contributed by atoms with van der Waals surface area (Å²) in [6.07, 6.45) is 0. The van der Waals surface area contributed by atoms with Crippen LogP contribution < -0.4 is 5.73 Å². The Morgan fingerprint density at radius 1 is 0.952 bits per heavy atom. The van der Waals surface area contributed by atoms with Crippen molar-refractivity contribution in [2.45, 2.75) is 6.54 Å². The molecule has 0 spiro atoms. The van der Waals surface area contributed by atoms with E-state index in [2.05, 4.69) is 20.9 Å². The number of halogens is 3. The molecule has 0 saturated carbocycles. The van der Waals surface area contributed by atoms with E-state index in [9.17, 15) is 0 Å². The predicted octanol–water partition coefficient (Wildman–Crippen LogP) is 5.45. The fraction of sp³-hybridized carbons (Fsp3) is 0.0625. The molecule has 0 atom stereocenters. The molecule has 0 bridgehead atoms. The minimum Gasteiger partial charge on any atom is -0.326 e. The van der Waals surface area contributed by atoms with Crippen LogP contribution in [0, 0.1) is 0 Å². The lowest BCUT2D eigenvalue weighted by Crippen LogP contribution is -1.94. The van der Waals surface area contributed by atoms with Crippen molar-refractivity contribution in [3.8, 4) is 0 Å². The first-order valence-electron chi connectivity index (χ1n) is 6.25. The second-order valence-corrected chi connectivity index (χ2v) is 6.04. The second-order valence-electron chi connectivity index (χ2n) is 4.30. The van der Waals surface area contributed by atoms with Crippen LogP contribution >= 0.6 is 39.1 Å². The maximum atomic E-state index is 5.74. The van der Waals surface area contributed by atoms with E-state index in [-0.39, 0.29) is 0 Å². The van der Waals surface area contributed by atoms with Gasteiger partial charge in [-0.05, 0) is 42.0 Å². The van der Waals surface area contributed by atoms with Gasteiger partial charge in [0.1, 0.15) is 5.15 Å². The third-order valence-corrected chi connectivity index (χ3v) is 3.72. The smallest absolute Gasteiger partial charge is 0.129 e. The number of benzene rings is 2. The Balaban J connectivity index is 0.000000161. The van der Waals surface area contributed by atoms with Gasteiger partial charge in [-0.1, -0.05) is 57.3 Å². The van der Waals surface area contributed by atoms with Gasteiger partial charge in [0.05, 0.1) is 5.52 Å². The molecule has 1 heterocycles. The van der Waals surface area contributed by atoms with E-state index in [0.717, 1.165) is 26.0 Å². The van der Waals surface area contributed by atoms with Crippen LogP contribution in [0.2, 0.25) is 10.2 Å². The molecular formula is C16H13BrCl2N2. The summed E-state index contributed by atoms with van der Waals surface area (Å²) in [4.78, 5) is 4.17. The summed E-state index contributed by atoms with van der Waals surface area (Å²) in [6.45, 7) is 0.581. The highest BCUT2D eigenvalue weighted by Gasteiger charge is 1.96. The molecule has 0 fully saturated rings. The Morgan fingerprint density at radius 2 is 1.62 bits per heavy atom. The van der Waals surface area contributed by atoms with Crippen molar-refractivity contribution in [2.24, 2.45) is 5.73 Å². The summed E-state index contributed by atoms with van der Waals surface area (Å²) < 4.78 is 1.02. The maximum Gasteiger partial charge on any atom is 0.129 e. The van der Waals surface area contributed by atoms with E-state index in [1.165, 1.54) is 0 Å². The molecule has 21 heavy (non-hydrogen) atoms. The van der Waals surface area contributed by atoms with Crippen molar-refractivity contribution in [1.29, 1.82) is 0 Å². The van der Waals surface area contributed by atoms with Crippen LogP contribution in [0.3, 0.4) is 0 Å². The van der Waals surface area contributed by atoms with E-state index in [0.29, 0.717) is 11.7 Å². The Bertz CT molecular complexity index is 693. The minimum absolute atomic E-state index is 0.528. The van der Waals surface area contributed by atoms with Crippen LogP contribution in [-0.2, 0) is 6.54 Å². The fourth-order valence-electron chi connectivity index (χ4n) is 1.69. The average Bonchev–Trinajstić information content (AvgIpc) is 2.48. The Hall–Kier alpha value is -1.13. The molecule has 2 N–H and O–H groups in total. The van der Waals surface area contributed by atoms with Gasteiger partial charge in [0.15, 0.2) is 0 Å². The first-order chi connectivity index (χ1) is 10.1. The third-order valence-electron chi connectivity index (χ3n) is 2.77. The van der Waals surface area contributed by atoms with Crippen molar-refractivity contribution in [3.05, 3.63) is 74.8 Å². The topological polar surface area (TPSA) is 38.9 Å². The van der Waals surface area contributed by atoms with Crippen LogP contribution in [0.4, 0.5) is 0 Å². The normalized spacial score (nSPS) is 10.1. The molecule has 2 aromatic carbocycles. The molecule has 0 unspecified atom stereocenters. The van der Waals surface area contributed by atoms with Crippen LogP contribution in [0.5, 0.6) is 0 Å². The van der Waals surface area contributed by atoms with Crippen molar-refractivity contribution >= 4 is 50.0 Å². The molecule has 0 aliphatic carbocycles. The van der Waals surface area contributed by atoms with Gasteiger partial charge in [0.2, 0.25) is 0 Å². The monoisotopic (exact) mass is 382 g/mol. The van der Waals surface area contributed by atoms with Crippen LogP contribution in [0.15, 0.2) is 59.1 Å². The Kier molecular flexibility index (Phi) is 6.00. The van der Waals surface area contributed by atoms with E-state index < -0.39 is 0 Å². The molecule has 0 amide bonds. The van der Waals surface area contributed by atoms with E-state index in [1.807, 2.05) is 48.5 Å². The van der Waals surface area contributed by atoms with Gasteiger partial charge < -0.3 is 5.73 Å². The lowest BCUT2D eigenvalue weighted by atomic mass is 10.2. The van der Waals surface area contributed by atoms with Gasteiger partial charge >= 0.3 is 0 Å². The molecular weight excluding hydrogens is 371 g/mol. The lowest BCUT2D eigenvalue weighted by Gasteiger charge is -1.97. The average molecular weight is 384 g/mol. The van der Waals surface area contributed by atoms with Gasteiger partial charge in [-0.2, -0.15) is 0 Å². The van der Waals surface area contributed by atoms with E-state index >= 15 is 0 Å².